The summed E-state index contributed by atoms with van der Waals surface area (Å²) in [5.74, 6) is 1.36. The number of anilines is 3. The number of pyridine rings is 1. The minimum Gasteiger partial charge on any atom is -0.372 e. The lowest BCUT2D eigenvalue weighted by atomic mass is 10.2. The first kappa shape index (κ1) is 14.0. The van der Waals surface area contributed by atoms with E-state index in [9.17, 15) is 0 Å². The molecule has 0 saturated heterocycles. The van der Waals surface area contributed by atoms with E-state index < -0.39 is 0 Å². The summed E-state index contributed by atoms with van der Waals surface area (Å²) in [6, 6.07) is 7.51. The molecule has 0 saturated carbocycles. The zero-order valence-corrected chi connectivity index (χ0v) is 13.4. The standard InChI is InChI=1S/C14H11BrClN5/c1-17-13-11(15)14(20-7-19-13)21-10-5-4-9(16)8-3-2-6-18-12(8)10/h2-7H,1H3,(H2,17,19,20,21). The Morgan fingerprint density at radius 2 is 1.90 bits per heavy atom. The van der Waals surface area contributed by atoms with E-state index >= 15 is 0 Å². The van der Waals surface area contributed by atoms with Crippen LogP contribution in [0.15, 0.2) is 41.3 Å². The molecular formula is C14H11BrClN5. The van der Waals surface area contributed by atoms with Gasteiger partial charge in [0, 0.05) is 18.6 Å². The third-order valence-corrected chi connectivity index (χ3v) is 4.08. The van der Waals surface area contributed by atoms with E-state index in [0.29, 0.717) is 16.7 Å². The molecule has 2 heterocycles. The molecule has 3 aromatic rings. The molecule has 2 N–H and O–H groups in total. The quantitative estimate of drug-likeness (QED) is 0.728. The summed E-state index contributed by atoms with van der Waals surface area (Å²) in [5, 5.41) is 7.81. The molecule has 0 fully saturated rings. The predicted octanol–water partition coefficient (Wildman–Crippen LogP) is 4.23. The Morgan fingerprint density at radius 3 is 2.71 bits per heavy atom. The topological polar surface area (TPSA) is 62.7 Å². The van der Waals surface area contributed by atoms with Crippen molar-refractivity contribution in [2.24, 2.45) is 0 Å². The summed E-state index contributed by atoms with van der Waals surface area (Å²) in [7, 11) is 1.80. The number of aromatic nitrogens is 3. The first-order valence-electron chi connectivity index (χ1n) is 6.19. The molecule has 21 heavy (non-hydrogen) atoms. The Balaban J connectivity index is 2.09. The third-order valence-electron chi connectivity index (χ3n) is 3.00. The van der Waals surface area contributed by atoms with E-state index in [4.69, 9.17) is 11.6 Å². The summed E-state index contributed by atoms with van der Waals surface area (Å²) in [5.41, 5.74) is 1.62. The van der Waals surface area contributed by atoms with Gasteiger partial charge in [-0.05, 0) is 40.2 Å². The van der Waals surface area contributed by atoms with Crippen LogP contribution in [0, 0.1) is 0 Å². The van der Waals surface area contributed by atoms with Crippen LogP contribution in [0.2, 0.25) is 5.02 Å². The Hall–Kier alpha value is -1.92. The second-order valence-corrected chi connectivity index (χ2v) is 5.45. The molecule has 1 aromatic carbocycles. The molecule has 0 radical (unpaired) electrons. The number of halogens is 2. The van der Waals surface area contributed by atoms with Crippen molar-refractivity contribution in [1.82, 2.24) is 15.0 Å². The van der Waals surface area contributed by atoms with Crippen molar-refractivity contribution in [3.05, 3.63) is 46.3 Å². The zero-order valence-electron chi connectivity index (χ0n) is 11.1. The molecule has 0 amide bonds. The first-order valence-corrected chi connectivity index (χ1v) is 7.36. The maximum atomic E-state index is 6.20. The van der Waals surface area contributed by atoms with Crippen LogP contribution in [0.4, 0.5) is 17.3 Å². The second-order valence-electron chi connectivity index (χ2n) is 4.25. The molecule has 106 valence electrons. The third kappa shape index (κ3) is 2.64. The molecule has 7 heteroatoms. The Labute approximate surface area is 134 Å². The van der Waals surface area contributed by atoms with Crippen LogP contribution in [0.3, 0.4) is 0 Å². The van der Waals surface area contributed by atoms with Crippen LogP contribution in [-0.4, -0.2) is 22.0 Å². The lowest BCUT2D eigenvalue weighted by Gasteiger charge is -2.12. The van der Waals surface area contributed by atoms with E-state index in [0.717, 1.165) is 21.1 Å². The van der Waals surface area contributed by atoms with Gasteiger partial charge in [-0.2, -0.15) is 0 Å². The number of hydrogen-bond donors (Lipinski definition) is 2. The monoisotopic (exact) mass is 363 g/mol. The van der Waals surface area contributed by atoms with Gasteiger partial charge in [0.25, 0.3) is 0 Å². The summed E-state index contributed by atoms with van der Waals surface area (Å²) in [6.45, 7) is 0. The van der Waals surface area contributed by atoms with Crippen molar-refractivity contribution in [3.8, 4) is 0 Å². The Bertz CT molecular complexity index is 808. The summed E-state index contributed by atoms with van der Waals surface area (Å²) in [6.07, 6.45) is 3.22. The average molecular weight is 365 g/mol. The fourth-order valence-electron chi connectivity index (χ4n) is 2.00. The Morgan fingerprint density at radius 1 is 1.10 bits per heavy atom. The highest BCUT2D eigenvalue weighted by Gasteiger charge is 2.11. The largest absolute Gasteiger partial charge is 0.372 e. The molecule has 0 spiro atoms. The van der Waals surface area contributed by atoms with Crippen LogP contribution in [0.5, 0.6) is 0 Å². The van der Waals surface area contributed by atoms with Crippen molar-refractivity contribution < 1.29 is 0 Å². The number of nitrogens with zero attached hydrogens (tertiary/aromatic N) is 3. The van der Waals surface area contributed by atoms with E-state index in [-0.39, 0.29) is 0 Å². The van der Waals surface area contributed by atoms with Crippen molar-refractivity contribution in [3.63, 3.8) is 0 Å². The second kappa shape index (κ2) is 5.83. The molecule has 0 bridgehead atoms. The van der Waals surface area contributed by atoms with Gasteiger partial charge in [0.05, 0.1) is 16.2 Å². The summed E-state index contributed by atoms with van der Waals surface area (Å²) < 4.78 is 0.756. The number of fused-ring (bicyclic) bond motifs is 1. The normalized spacial score (nSPS) is 10.6. The van der Waals surface area contributed by atoms with Crippen molar-refractivity contribution in [2.75, 3.05) is 17.7 Å². The molecular weight excluding hydrogens is 354 g/mol. The molecule has 3 rings (SSSR count). The zero-order chi connectivity index (χ0) is 14.8. The van der Waals surface area contributed by atoms with Gasteiger partial charge in [-0.3, -0.25) is 4.98 Å². The molecule has 0 unspecified atom stereocenters. The summed E-state index contributed by atoms with van der Waals surface area (Å²) in [4.78, 5) is 12.8. The SMILES string of the molecule is CNc1ncnc(Nc2ccc(Cl)c3cccnc23)c1Br. The van der Waals surface area contributed by atoms with Gasteiger partial charge in [0.2, 0.25) is 0 Å². The number of rotatable bonds is 3. The van der Waals surface area contributed by atoms with Crippen LogP contribution in [0.1, 0.15) is 0 Å². The smallest absolute Gasteiger partial charge is 0.150 e. The van der Waals surface area contributed by atoms with Gasteiger partial charge in [-0.25, -0.2) is 9.97 Å². The maximum Gasteiger partial charge on any atom is 0.150 e. The molecule has 2 aromatic heterocycles. The molecule has 0 aliphatic heterocycles. The highest BCUT2D eigenvalue weighted by atomic mass is 79.9. The van der Waals surface area contributed by atoms with Gasteiger partial charge in [-0.1, -0.05) is 11.6 Å². The van der Waals surface area contributed by atoms with E-state index in [2.05, 4.69) is 41.5 Å². The van der Waals surface area contributed by atoms with Gasteiger partial charge in [0.15, 0.2) is 0 Å². The molecule has 0 aliphatic carbocycles. The van der Waals surface area contributed by atoms with Crippen molar-refractivity contribution in [1.29, 1.82) is 0 Å². The first-order chi connectivity index (χ1) is 10.2. The fraction of sp³-hybridized carbons (Fsp3) is 0.0714. The minimum atomic E-state index is 0.656. The highest BCUT2D eigenvalue weighted by molar-refractivity contribution is 9.10. The van der Waals surface area contributed by atoms with Crippen LogP contribution in [-0.2, 0) is 0 Å². The number of benzene rings is 1. The van der Waals surface area contributed by atoms with Gasteiger partial charge < -0.3 is 10.6 Å². The lowest BCUT2D eigenvalue weighted by molar-refractivity contribution is 1.14. The van der Waals surface area contributed by atoms with Crippen LogP contribution in [0.25, 0.3) is 10.9 Å². The van der Waals surface area contributed by atoms with E-state index in [1.54, 1.807) is 13.2 Å². The highest BCUT2D eigenvalue weighted by Crippen LogP contribution is 2.33. The fourth-order valence-corrected chi connectivity index (χ4v) is 2.72. The van der Waals surface area contributed by atoms with Gasteiger partial charge in [-0.15, -0.1) is 0 Å². The molecule has 0 atom stereocenters. The lowest BCUT2D eigenvalue weighted by Crippen LogP contribution is -2.01. The Kier molecular flexibility index (Phi) is 3.90. The van der Waals surface area contributed by atoms with Gasteiger partial charge >= 0.3 is 0 Å². The van der Waals surface area contributed by atoms with Crippen molar-refractivity contribution >= 4 is 55.8 Å². The minimum absolute atomic E-state index is 0.656. The maximum absolute atomic E-state index is 6.20. The molecule has 0 aliphatic rings. The van der Waals surface area contributed by atoms with E-state index in [1.807, 2.05) is 24.3 Å². The molecule has 5 nitrogen and oxygen atoms in total. The van der Waals surface area contributed by atoms with Crippen molar-refractivity contribution in [2.45, 2.75) is 0 Å². The summed E-state index contributed by atoms with van der Waals surface area (Å²) >= 11 is 9.68. The number of nitrogens with one attached hydrogen (secondary N) is 2. The van der Waals surface area contributed by atoms with Crippen LogP contribution >= 0.6 is 27.5 Å². The average Bonchev–Trinajstić information content (AvgIpc) is 2.52. The van der Waals surface area contributed by atoms with Gasteiger partial charge in [0.1, 0.15) is 22.4 Å². The van der Waals surface area contributed by atoms with Crippen LogP contribution < -0.4 is 10.6 Å². The van der Waals surface area contributed by atoms with E-state index in [1.165, 1.54) is 6.33 Å². The number of hydrogen-bond acceptors (Lipinski definition) is 5. The predicted molar refractivity (Wildman–Crippen MR) is 89.3 cm³/mol.